The van der Waals surface area contributed by atoms with Crippen molar-refractivity contribution in [2.45, 2.75) is 50.6 Å². The number of rotatable bonds is 6. The van der Waals surface area contributed by atoms with Crippen molar-refractivity contribution < 1.29 is 9.59 Å². The monoisotopic (exact) mass is 504 g/mol. The standard InChI is InChI=1S/C29H29ClN2O2S/c1-19(24-13-8-21-4-2-3-5-25(21)16-24)31-28(34)22-9-11-23(12-10-22)29-32(27(33)18-35-29)17-20-6-14-26(30)15-7-20/h6-16,19,29H,2-5,17-18H2,1H3,(H,31,34)/t19-,29-/m0/s1. The van der Waals surface area contributed by atoms with Crippen molar-refractivity contribution in [2.24, 2.45) is 0 Å². The van der Waals surface area contributed by atoms with Crippen LogP contribution in [-0.2, 0) is 24.2 Å². The zero-order valence-corrected chi connectivity index (χ0v) is 21.4. The molecule has 180 valence electrons. The van der Waals surface area contributed by atoms with E-state index < -0.39 is 0 Å². The van der Waals surface area contributed by atoms with Gasteiger partial charge in [0.1, 0.15) is 5.37 Å². The van der Waals surface area contributed by atoms with E-state index >= 15 is 0 Å². The number of aryl methyl sites for hydroxylation is 2. The van der Waals surface area contributed by atoms with Crippen LogP contribution in [0.1, 0.15) is 69.4 Å². The molecule has 1 aliphatic carbocycles. The van der Waals surface area contributed by atoms with E-state index in [0.29, 0.717) is 22.9 Å². The summed E-state index contributed by atoms with van der Waals surface area (Å²) in [6.45, 7) is 2.57. The molecule has 0 saturated carbocycles. The maximum absolute atomic E-state index is 12.9. The van der Waals surface area contributed by atoms with Crippen LogP contribution in [-0.4, -0.2) is 22.5 Å². The fourth-order valence-electron chi connectivity index (χ4n) is 4.87. The average molecular weight is 505 g/mol. The molecule has 0 spiro atoms. The summed E-state index contributed by atoms with van der Waals surface area (Å²) in [5, 5.41) is 3.76. The first kappa shape index (κ1) is 24.0. The van der Waals surface area contributed by atoms with Crippen molar-refractivity contribution >= 4 is 35.2 Å². The molecule has 2 amide bonds. The topological polar surface area (TPSA) is 49.4 Å². The second-order valence-electron chi connectivity index (χ2n) is 9.36. The van der Waals surface area contributed by atoms with Crippen LogP contribution in [0.15, 0.2) is 66.7 Å². The molecule has 1 fully saturated rings. The first-order valence-corrected chi connectivity index (χ1v) is 13.6. The number of nitrogens with one attached hydrogen (secondary N) is 1. The Morgan fingerprint density at radius 1 is 1.03 bits per heavy atom. The highest BCUT2D eigenvalue weighted by Crippen LogP contribution is 2.39. The molecule has 2 atom stereocenters. The van der Waals surface area contributed by atoms with Crippen LogP contribution >= 0.6 is 23.4 Å². The molecule has 1 aliphatic heterocycles. The molecule has 0 aromatic heterocycles. The van der Waals surface area contributed by atoms with Crippen LogP contribution in [0.3, 0.4) is 0 Å². The smallest absolute Gasteiger partial charge is 0.251 e. The van der Waals surface area contributed by atoms with Gasteiger partial charge in [0, 0.05) is 17.1 Å². The lowest BCUT2D eigenvalue weighted by Gasteiger charge is -2.24. The van der Waals surface area contributed by atoms with E-state index in [1.165, 1.54) is 24.0 Å². The number of hydrogen-bond acceptors (Lipinski definition) is 3. The lowest BCUT2D eigenvalue weighted by atomic mass is 9.89. The van der Waals surface area contributed by atoms with Crippen molar-refractivity contribution in [1.29, 1.82) is 0 Å². The van der Waals surface area contributed by atoms with Crippen LogP contribution < -0.4 is 5.32 Å². The van der Waals surface area contributed by atoms with Crippen molar-refractivity contribution in [1.82, 2.24) is 10.2 Å². The number of carbonyl (C=O) groups is 2. The Morgan fingerprint density at radius 3 is 2.49 bits per heavy atom. The first-order valence-electron chi connectivity index (χ1n) is 12.2. The summed E-state index contributed by atoms with van der Waals surface area (Å²) in [6.07, 6.45) is 4.79. The molecule has 1 heterocycles. The normalized spacial score (nSPS) is 18.3. The highest BCUT2D eigenvalue weighted by molar-refractivity contribution is 8.00. The summed E-state index contributed by atoms with van der Waals surface area (Å²) < 4.78 is 0. The molecule has 3 aromatic carbocycles. The molecule has 0 unspecified atom stereocenters. The van der Waals surface area contributed by atoms with Gasteiger partial charge in [-0.2, -0.15) is 0 Å². The molecule has 0 radical (unpaired) electrons. The zero-order valence-electron chi connectivity index (χ0n) is 19.8. The summed E-state index contributed by atoms with van der Waals surface area (Å²) in [5.74, 6) is 0.490. The number of benzene rings is 3. The molecule has 1 N–H and O–H groups in total. The Hall–Kier alpha value is -2.76. The van der Waals surface area contributed by atoms with E-state index in [1.54, 1.807) is 11.8 Å². The van der Waals surface area contributed by atoms with Crippen LogP contribution in [0.4, 0.5) is 0 Å². The highest BCUT2D eigenvalue weighted by Gasteiger charge is 2.32. The van der Waals surface area contributed by atoms with Crippen molar-refractivity contribution in [2.75, 3.05) is 5.75 Å². The van der Waals surface area contributed by atoms with E-state index in [0.717, 1.165) is 29.5 Å². The summed E-state index contributed by atoms with van der Waals surface area (Å²) in [4.78, 5) is 27.4. The molecule has 3 aromatic rings. The third-order valence-electron chi connectivity index (χ3n) is 6.91. The molecule has 35 heavy (non-hydrogen) atoms. The van der Waals surface area contributed by atoms with Gasteiger partial charge in [-0.05, 0) is 84.7 Å². The first-order chi connectivity index (χ1) is 17.0. The maximum atomic E-state index is 12.9. The van der Waals surface area contributed by atoms with Gasteiger partial charge in [-0.1, -0.05) is 54.1 Å². The summed E-state index contributed by atoms with van der Waals surface area (Å²) in [7, 11) is 0. The van der Waals surface area contributed by atoms with Crippen molar-refractivity contribution in [3.63, 3.8) is 0 Å². The van der Waals surface area contributed by atoms with E-state index in [1.807, 2.05) is 60.4 Å². The van der Waals surface area contributed by atoms with Crippen molar-refractivity contribution in [3.05, 3.63) is 105 Å². The maximum Gasteiger partial charge on any atom is 0.251 e. The lowest BCUT2D eigenvalue weighted by Crippen LogP contribution is -2.28. The summed E-state index contributed by atoms with van der Waals surface area (Å²) in [5.41, 5.74) is 6.71. The number of halogens is 1. The third-order valence-corrected chi connectivity index (χ3v) is 8.42. The second kappa shape index (κ2) is 10.5. The number of fused-ring (bicyclic) bond motifs is 1. The largest absolute Gasteiger partial charge is 0.346 e. The second-order valence-corrected chi connectivity index (χ2v) is 10.9. The minimum absolute atomic E-state index is 0.0627. The van der Waals surface area contributed by atoms with Gasteiger partial charge in [0.2, 0.25) is 5.91 Å². The van der Waals surface area contributed by atoms with E-state index in [9.17, 15) is 9.59 Å². The Labute approximate surface area is 216 Å². The number of hydrogen-bond donors (Lipinski definition) is 1. The third kappa shape index (κ3) is 5.41. The van der Waals surface area contributed by atoms with Gasteiger partial charge < -0.3 is 10.2 Å². The van der Waals surface area contributed by atoms with Crippen LogP contribution in [0, 0.1) is 0 Å². The van der Waals surface area contributed by atoms with Gasteiger partial charge in [0.05, 0.1) is 11.8 Å². The highest BCUT2D eigenvalue weighted by atomic mass is 35.5. The quantitative estimate of drug-likeness (QED) is 0.417. The minimum atomic E-state index is -0.0880. The van der Waals surface area contributed by atoms with Crippen LogP contribution in [0.2, 0.25) is 5.02 Å². The van der Waals surface area contributed by atoms with Crippen molar-refractivity contribution in [3.8, 4) is 0 Å². The lowest BCUT2D eigenvalue weighted by molar-refractivity contribution is -0.128. The zero-order chi connectivity index (χ0) is 24.4. The number of amides is 2. The molecule has 0 bridgehead atoms. The SMILES string of the molecule is C[C@H](NC(=O)c1ccc([C@@H]2SCC(=O)N2Cc2ccc(Cl)cc2)cc1)c1ccc2c(c1)CCCC2. The molecule has 6 heteroatoms. The fraction of sp³-hybridized carbons (Fsp3) is 0.310. The van der Waals surface area contributed by atoms with Gasteiger partial charge in [-0.3, -0.25) is 9.59 Å². The Bertz CT molecular complexity index is 1230. The van der Waals surface area contributed by atoms with Crippen LogP contribution in [0.5, 0.6) is 0 Å². The summed E-state index contributed by atoms with van der Waals surface area (Å²) >= 11 is 7.62. The minimum Gasteiger partial charge on any atom is -0.346 e. The average Bonchev–Trinajstić information content (AvgIpc) is 3.24. The number of nitrogens with zero attached hydrogens (tertiary/aromatic N) is 1. The van der Waals surface area contributed by atoms with E-state index in [4.69, 9.17) is 11.6 Å². The van der Waals surface area contributed by atoms with Gasteiger partial charge in [0.15, 0.2) is 0 Å². The molecule has 1 saturated heterocycles. The molecular formula is C29H29ClN2O2S. The Morgan fingerprint density at radius 2 is 1.74 bits per heavy atom. The molecule has 4 nitrogen and oxygen atoms in total. The van der Waals surface area contributed by atoms with E-state index in [2.05, 4.69) is 23.5 Å². The predicted molar refractivity (Wildman–Crippen MR) is 143 cm³/mol. The molecular weight excluding hydrogens is 476 g/mol. The van der Waals surface area contributed by atoms with Crippen LogP contribution in [0.25, 0.3) is 0 Å². The summed E-state index contributed by atoms with van der Waals surface area (Å²) in [6, 6.07) is 21.8. The number of carbonyl (C=O) groups excluding carboxylic acids is 2. The predicted octanol–water partition coefficient (Wildman–Crippen LogP) is 6.48. The Balaban J connectivity index is 1.25. The Kier molecular flexibility index (Phi) is 7.17. The number of thioether (sulfide) groups is 1. The van der Waals surface area contributed by atoms with Gasteiger partial charge >= 0.3 is 0 Å². The molecule has 2 aliphatic rings. The molecule has 5 rings (SSSR count). The van der Waals surface area contributed by atoms with E-state index in [-0.39, 0.29) is 23.2 Å². The van der Waals surface area contributed by atoms with Gasteiger partial charge in [-0.25, -0.2) is 0 Å². The fourth-order valence-corrected chi connectivity index (χ4v) is 6.19. The van der Waals surface area contributed by atoms with Gasteiger partial charge in [0.25, 0.3) is 5.91 Å². The van der Waals surface area contributed by atoms with Gasteiger partial charge in [-0.15, -0.1) is 11.8 Å².